The van der Waals surface area contributed by atoms with Crippen LogP contribution in [-0.4, -0.2) is 29.4 Å². The highest BCUT2D eigenvalue weighted by Crippen LogP contribution is 2.26. The van der Waals surface area contributed by atoms with Crippen LogP contribution in [0.4, 0.5) is 5.82 Å². The summed E-state index contributed by atoms with van der Waals surface area (Å²) in [5, 5.41) is 7.22. The number of anilines is 1. The van der Waals surface area contributed by atoms with Crippen LogP contribution in [0.15, 0.2) is 6.33 Å². The zero-order chi connectivity index (χ0) is 11.5. The molecule has 0 amide bonds. The van der Waals surface area contributed by atoms with E-state index in [-0.39, 0.29) is 5.84 Å². The maximum Gasteiger partial charge on any atom is 0.135 e. The molecule has 0 saturated heterocycles. The number of aromatic nitrogens is 2. The monoisotopic (exact) mass is 219 g/mol. The summed E-state index contributed by atoms with van der Waals surface area (Å²) in [6, 6.07) is 0. The molecule has 0 fully saturated rings. The predicted molar refractivity (Wildman–Crippen MR) is 63.9 cm³/mol. The van der Waals surface area contributed by atoms with Gasteiger partial charge in [0.15, 0.2) is 0 Å². The first-order valence-electron chi connectivity index (χ1n) is 5.55. The number of rotatable bonds is 4. The molecule has 16 heavy (non-hydrogen) atoms. The Bertz CT molecular complexity index is 401. The average molecular weight is 219 g/mol. The molecule has 0 unspecified atom stereocenters. The molecule has 5 heteroatoms. The molecule has 0 saturated carbocycles. The van der Waals surface area contributed by atoms with Crippen molar-refractivity contribution in [3.8, 4) is 0 Å². The van der Waals surface area contributed by atoms with Gasteiger partial charge in [-0.25, -0.2) is 9.97 Å². The number of aryl methyl sites for hydroxylation is 1. The van der Waals surface area contributed by atoms with Crippen molar-refractivity contribution in [1.29, 1.82) is 5.41 Å². The molecular formula is C11H17N5. The molecule has 1 aromatic rings. The molecule has 86 valence electrons. The van der Waals surface area contributed by atoms with Gasteiger partial charge in [-0.1, -0.05) is 0 Å². The Morgan fingerprint density at radius 2 is 2.31 bits per heavy atom. The van der Waals surface area contributed by atoms with Crippen LogP contribution in [0.25, 0.3) is 0 Å². The first-order valence-corrected chi connectivity index (χ1v) is 5.55. The fourth-order valence-corrected chi connectivity index (χ4v) is 2.07. The van der Waals surface area contributed by atoms with E-state index in [2.05, 4.69) is 14.9 Å². The smallest absolute Gasteiger partial charge is 0.135 e. The van der Waals surface area contributed by atoms with Gasteiger partial charge in [0.2, 0.25) is 0 Å². The third kappa shape index (κ3) is 2.13. The van der Waals surface area contributed by atoms with Crippen molar-refractivity contribution in [3.63, 3.8) is 0 Å². The minimum absolute atomic E-state index is 0.220. The molecule has 1 heterocycles. The van der Waals surface area contributed by atoms with E-state index in [1.54, 1.807) is 6.33 Å². The molecule has 0 bridgehead atoms. The van der Waals surface area contributed by atoms with Gasteiger partial charge >= 0.3 is 0 Å². The lowest BCUT2D eigenvalue weighted by atomic mass is 10.2. The van der Waals surface area contributed by atoms with E-state index in [0.29, 0.717) is 6.42 Å². The zero-order valence-electron chi connectivity index (χ0n) is 9.53. The van der Waals surface area contributed by atoms with Gasteiger partial charge in [0, 0.05) is 31.3 Å². The SMILES string of the molecule is CN(CCC(=N)N)c1ncnc2c1CCC2. The normalized spacial score (nSPS) is 13.6. The lowest BCUT2D eigenvalue weighted by Gasteiger charge is -2.20. The highest BCUT2D eigenvalue weighted by molar-refractivity contribution is 5.77. The van der Waals surface area contributed by atoms with Gasteiger partial charge in [-0.15, -0.1) is 0 Å². The molecule has 5 nitrogen and oxygen atoms in total. The number of hydrogen-bond acceptors (Lipinski definition) is 4. The third-order valence-electron chi connectivity index (χ3n) is 2.93. The van der Waals surface area contributed by atoms with Crippen LogP contribution in [0.3, 0.4) is 0 Å². The van der Waals surface area contributed by atoms with Crippen LogP contribution in [0, 0.1) is 5.41 Å². The molecule has 0 aromatic carbocycles. The predicted octanol–water partition coefficient (Wildman–Crippen LogP) is 0.728. The fourth-order valence-electron chi connectivity index (χ4n) is 2.07. The summed E-state index contributed by atoms with van der Waals surface area (Å²) in [6.07, 6.45) is 5.50. The number of hydrogen-bond donors (Lipinski definition) is 2. The Labute approximate surface area is 95.2 Å². The second kappa shape index (κ2) is 4.47. The van der Waals surface area contributed by atoms with Crippen LogP contribution in [0.5, 0.6) is 0 Å². The molecule has 0 spiro atoms. The third-order valence-corrected chi connectivity index (χ3v) is 2.93. The highest BCUT2D eigenvalue weighted by atomic mass is 15.2. The summed E-state index contributed by atoms with van der Waals surface area (Å²) in [4.78, 5) is 10.7. The quantitative estimate of drug-likeness (QED) is 0.578. The molecular weight excluding hydrogens is 202 g/mol. The summed E-state index contributed by atoms with van der Waals surface area (Å²) in [6.45, 7) is 0.735. The summed E-state index contributed by atoms with van der Waals surface area (Å²) in [5.41, 5.74) is 7.81. The van der Waals surface area contributed by atoms with E-state index < -0.39 is 0 Å². The number of nitrogens with one attached hydrogen (secondary N) is 1. The number of amidine groups is 1. The Morgan fingerprint density at radius 3 is 3.06 bits per heavy atom. The lowest BCUT2D eigenvalue weighted by Crippen LogP contribution is -2.25. The molecule has 2 rings (SSSR count). The largest absolute Gasteiger partial charge is 0.388 e. The Kier molecular flexibility index (Phi) is 3.03. The van der Waals surface area contributed by atoms with E-state index in [4.69, 9.17) is 11.1 Å². The van der Waals surface area contributed by atoms with Crippen molar-refractivity contribution >= 4 is 11.7 Å². The van der Waals surface area contributed by atoms with Crippen molar-refractivity contribution in [2.45, 2.75) is 25.7 Å². The van der Waals surface area contributed by atoms with Gasteiger partial charge in [-0.2, -0.15) is 0 Å². The van der Waals surface area contributed by atoms with Crippen LogP contribution < -0.4 is 10.6 Å². The van der Waals surface area contributed by atoms with E-state index in [9.17, 15) is 0 Å². The number of nitrogens with zero attached hydrogens (tertiary/aromatic N) is 3. The average Bonchev–Trinajstić information content (AvgIpc) is 2.73. The van der Waals surface area contributed by atoms with Crippen LogP contribution in [0.2, 0.25) is 0 Å². The van der Waals surface area contributed by atoms with Crippen LogP contribution in [0.1, 0.15) is 24.1 Å². The molecule has 1 aromatic heterocycles. The summed E-state index contributed by atoms with van der Waals surface area (Å²) in [7, 11) is 1.99. The molecule has 0 aliphatic heterocycles. The second-order valence-corrected chi connectivity index (χ2v) is 4.17. The fraction of sp³-hybridized carbons (Fsp3) is 0.545. The van der Waals surface area contributed by atoms with Crippen LogP contribution >= 0.6 is 0 Å². The van der Waals surface area contributed by atoms with E-state index in [1.165, 1.54) is 17.7 Å². The first-order chi connectivity index (χ1) is 7.68. The lowest BCUT2D eigenvalue weighted by molar-refractivity contribution is 0.867. The van der Waals surface area contributed by atoms with Gasteiger partial charge in [0.25, 0.3) is 0 Å². The van der Waals surface area contributed by atoms with Crippen molar-refractivity contribution in [2.24, 2.45) is 5.73 Å². The van der Waals surface area contributed by atoms with E-state index in [1.807, 2.05) is 7.05 Å². The van der Waals surface area contributed by atoms with E-state index in [0.717, 1.165) is 25.2 Å². The molecule has 1 aliphatic rings. The Hall–Kier alpha value is -1.65. The van der Waals surface area contributed by atoms with Crippen LogP contribution in [-0.2, 0) is 12.8 Å². The van der Waals surface area contributed by atoms with Gasteiger partial charge in [0.1, 0.15) is 12.1 Å². The van der Waals surface area contributed by atoms with Crippen molar-refractivity contribution < 1.29 is 0 Å². The van der Waals surface area contributed by atoms with Crippen molar-refractivity contribution in [2.75, 3.05) is 18.5 Å². The molecule has 1 aliphatic carbocycles. The molecule has 3 N–H and O–H groups in total. The molecule has 0 atom stereocenters. The standard InChI is InChI=1S/C11H17N5/c1-16(6-5-10(12)13)11-8-3-2-4-9(8)14-7-15-11/h7H,2-6H2,1H3,(H3,12,13). The topological polar surface area (TPSA) is 78.9 Å². The summed E-state index contributed by atoms with van der Waals surface area (Å²) >= 11 is 0. The summed E-state index contributed by atoms with van der Waals surface area (Å²) in [5.74, 6) is 1.22. The Balaban J connectivity index is 2.14. The molecule has 0 radical (unpaired) electrons. The highest BCUT2D eigenvalue weighted by Gasteiger charge is 2.18. The first kappa shape index (κ1) is 10.9. The van der Waals surface area contributed by atoms with Gasteiger partial charge < -0.3 is 10.6 Å². The van der Waals surface area contributed by atoms with Gasteiger partial charge in [-0.05, 0) is 19.3 Å². The maximum atomic E-state index is 7.22. The van der Waals surface area contributed by atoms with E-state index >= 15 is 0 Å². The second-order valence-electron chi connectivity index (χ2n) is 4.17. The van der Waals surface area contributed by atoms with Crippen molar-refractivity contribution in [3.05, 3.63) is 17.6 Å². The number of nitrogens with two attached hydrogens (primary N) is 1. The maximum absolute atomic E-state index is 7.22. The van der Waals surface area contributed by atoms with Crippen molar-refractivity contribution in [1.82, 2.24) is 9.97 Å². The number of fused-ring (bicyclic) bond motifs is 1. The van der Waals surface area contributed by atoms with Gasteiger partial charge in [-0.3, -0.25) is 5.41 Å². The minimum atomic E-state index is 0.220. The minimum Gasteiger partial charge on any atom is -0.388 e. The zero-order valence-corrected chi connectivity index (χ0v) is 9.53. The van der Waals surface area contributed by atoms with Gasteiger partial charge in [0.05, 0.1) is 5.84 Å². The summed E-state index contributed by atoms with van der Waals surface area (Å²) < 4.78 is 0. The Morgan fingerprint density at radius 1 is 1.50 bits per heavy atom.